The highest BCUT2D eigenvalue weighted by atomic mass is 35.5. The van der Waals surface area contributed by atoms with Crippen molar-refractivity contribution in [3.05, 3.63) is 0 Å². The van der Waals surface area contributed by atoms with Gasteiger partial charge >= 0.3 is 0 Å². The zero-order valence-electron chi connectivity index (χ0n) is 9.22. The van der Waals surface area contributed by atoms with E-state index in [1.807, 2.05) is 0 Å². The fourth-order valence-electron chi connectivity index (χ4n) is 1.19. The summed E-state index contributed by atoms with van der Waals surface area (Å²) in [6, 6.07) is 0.456. The van der Waals surface area contributed by atoms with Crippen LogP contribution in [0.15, 0.2) is 0 Å². The second-order valence-electron chi connectivity index (χ2n) is 4.48. The maximum absolute atomic E-state index is 5.35. The molecule has 1 aliphatic rings. The molecule has 0 aromatic rings. The summed E-state index contributed by atoms with van der Waals surface area (Å²) < 4.78 is 5.35. The minimum Gasteiger partial charge on any atom is -0.378 e. The fraction of sp³-hybridized carbons (Fsp3) is 0.800. The molecule has 0 radical (unpaired) electrons. The number of halogens is 1. The standard InChI is InChI=1S/C10H19NOSi.ClH/c1-13(2,3)8-4-5-10-9-12-7-6-11-10;/h10-11H,5-7,9H2,1-3H3;1H/t10-;/m0./s1. The van der Waals surface area contributed by atoms with Gasteiger partial charge in [-0.25, -0.2) is 0 Å². The highest BCUT2D eigenvalue weighted by molar-refractivity contribution is 6.83. The van der Waals surface area contributed by atoms with Crippen molar-refractivity contribution in [3.63, 3.8) is 0 Å². The summed E-state index contributed by atoms with van der Waals surface area (Å²) in [6.07, 6.45) is 0.935. The molecule has 0 bridgehead atoms. The number of morpholine rings is 1. The van der Waals surface area contributed by atoms with Gasteiger partial charge in [-0.1, -0.05) is 19.6 Å². The van der Waals surface area contributed by atoms with E-state index in [0.29, 0.717) is 6.04 Å². The van der Waals surface area contributed by atoms with Gasteiger partial charge in [0.1, 0.15) is 8.07 Å². The number of ether oxygens (including phenoxy) is 1. The van der Waals surface area contributed by atoms with Crippen LogP contribution in [0.25, 0.3) is 0 Å². The molecule has 14 heavy (non-hydrogen) atoms. The molecular formula is C10H20ClNOSi. The maximum atomic E-state index is 5.35. The zero-order valence-corrected chi connectivity index (χ0v) is 11.0. The van der Waals surface area contributed by atoms with Crippen LogP contribution in [0.4, 0.5) is 0 Å². The van der Waals surface area contributed by atoms with Crippen LogP contribution < -0.4 is 5.32 Å². The summed E-state index contributed by atoms with van der Waals surface area (Å²) in [6.45, 7) is 9.44. The van der Waals surface area contributed by atoms with Crippen LogP contribution in [-0.2, 0) is 4.74 Å². The van der Waals surface area contributed by atoms with Gasteiger partial charge in [-0.05, 0) is 0 Å². The SMILES string of the molecule is C[Si](C)(C)C#CC[C@H]1COCCN1.Cl. The van der Waals surface area contributed by atoms with Gasteiger partial charge in [-0.2, -0.15) is 0 Å². The third-order valence-electron chi connectivity index (χ3n) is 1.81. The van der Waals surface area contributed by atoms with E-state index in [1.54, 1.807) is 0 Å². The molecular weight excluding hydrogens is 214 g/mol. The van der Waals surface area contributed by atoms with Gasteiger partial charge in [-0.3, -0.25) is 0 Å². The summed E-state index contributed by atoms with van der Waals surface area (Å²) in [5.74, 6) is 3.26. The quantitative estimate of drug-likeness (QED) is 0.550. The molecule has 1 saturated heterocycles. The Kier molecular flexibility index (Phi) is 6.46. The van der Waals surface area contributed by atoms with Crippen LogP contribution >= 0.6 is 12.4 Å². The van der Waals surface area contributed by atoms with Gasteiger partial charge in [0.2, 0.25) is 0 Å². The lowest BCUT2D eigenvalue weighted by Crippen LogP contribution is -2.40. The van der Waals surface area contributed by atoms with E-state index in [0.717, 1.165) is 26.2 Å². The van der Waals surface area contributed by atoms with E-state index >= 15 is 0 Å². The molecule has 82 valence electrons. The van der Waals surface area contributed by atoms with E-state index in [1.165, 1.54) is 0 Å². The summed E-state index contributed by atoms with van der Waals surface area (Å²) >= 11 is 0. The Morgan fingerprint density at radius 2 is 2.14 bits per heavy atom. The largest absolute Gasteiger partial charge is 0.378 e. The molecule has 0 aliphatic carbocycles. The van der Waals surface area contributed by atoms with Gasteiger partial charge < -0.3 is 10.1 Å². The summed E-state index contributed by atoms with van der Waals surface area (Å²) in [4.78, 5) is 0. The zero-order chi connectivity index (χ0) is 9.73. The van der Waals surface area contributed by atoms with Crippen molar-refractivity contribution in [3.8, 4) is 11.5 Å². The lowest BCUT2D eigenvalue weighted by Gasteiger charge is -2.21. The van der Waals surface area contributed by atoms with Crippen molar-refractivity contribution in [1.82, 2.24) is 5.32 Å². The van der Waals surface area contributed by atoms with Crippen LogP contribution in [-0.4, -0.2) is 33.9 Å². The molecule has 0 saturated carbocycles. The molecule has 0 amide bonds. The Morgan fingerprint density at radius 1 is 1.43 bits per heavy atom. The lowest BCUT2D eigenvalue weighted by atomic mass is 10.2. The predicted octanol–water partition coefficient (Wildman–Crippen LogP) is 1.67. The van der Waals surface area contributed by atoms with E-state index < -0.39 is 8.07 Å². The van der Waals surface area contributed by atoms with Crippen molar-refractivity contribution in [1.29, 1.82) is 0 Å². The Hall–Kier alpha value is -0.0131. The molecule has 0 spiro atoms. The van der Waals surface area contributed by atoms with E-state index in [-0.39, 0.29) is 12.4 Å². The number of rotatable bonds is 1. The molecule has 1 N–H and O–H groups in total. The molecule has 0 unspecified atom stereocenters. The van der Waals surface area contributed by atoms with Crippen LogP contribution in [0.5, 0.6) is 0 Å². The summed E-state index contributed by atoms with van der Waals surface area (Å²) in [5, 5.41) is 3.39. The summed E-state index contributed by atoms with van der Waals surface area (Å²) in [7, 11) is -1.17. The third-order valence-corrected chi connectivity index (χ3v) is 2.74. The van der Waals surface area contributed by atoms with Crippen LogP contribution in [0.3, 0.4) is 0 Å². The van der Waals surface area contributed by atoms with Crippen LogP contribution in [0, 0.1) is 11.5 Å². The van der Waals surface area contributed by atoms with E-state index in [2.05, 4.69) is 36.4 Å². The monoisotopic (exact) mass is 233 g/mol. The summed E-state index contributed by atoms with van der Waals surface area (Å²) in [5.41, 5.74) is 3.36. The second-order valence-corrected chi connectivity index (χ2v) is 9.23. The smallest absolute Gasteiger partial charge is 0.129 e. The lowest BCUT2D eigenvalue weighted by molar-refractivity contribution is 0.0784. The molecule has 1 aliphatic heterocycles. The minimum absolute atomic E-state index is 0. The highest BCUT2D eigenvalue weighted by Gasteiger charge is 2.12. The topological polar surface area (TPSA) is 21.3 Å². The van der Waals surface area contributed by atoms with Gasteiger partial charge in [0, 0.05) is 19.0 Å². The Bertz CT molecular complexity index is 210. The van der Waals surface area contributed by atoms with Crippen LogP contribution in [0.1, 0.15) is 6.42 Å². The number of hydrogen-bond acceptors (Lipinski definition) is 2. The first-order valence-electron chi connectivity index (χ1n) is 4.89. The van der Waals surface area contributed by atoms with Crippen molar-refractivity contribution in [2.75, 3.05) is 19.8 Å². The molecule has 2 nitrogen and oxygen atoms in total. The maximum Gasteiger partial charge on any atom is 0.129 e. The van der Waals surface area contributed by atoms with Gasteiger partial charge in [0.05, 0.1) is 13.2 Å². The number of nitrogens with one attached hydrogen (secondary N) is 1. The second kappa shape index (κ2) is 6.47. The molecule has 0 aromatic carbocycles. The molecule has 0 aromatic heterocycles. The molecule has 1 atom stereocenters. The van der Waals surface area contributed by atoms with Crippen molar-refractivity contribution in [2.45, 2.75) is 32.1 Å². The first-order valence-corrected chi connectivity index (χ1v) is 8.39. The highest BCUT2D eigenvalue weighted by Crippen LogP contribution is 2.00. The van der Waals surface area contributed by atoms with Crippen molar-refractivity contribution < 1.29 is 4.74 Å². The van der Waals surface area contributed by atoms with E-state index in [9.17, 15) is 0 Å². The molecule has 1 fully saturated rings. The van der Waals surface area contributed by atoms with Crippen molar-refractivity contribution >= 4 is 20.5 Å². The van der Waals surface area contributed by atoms with Crippen LogP contribution in [0.2, 0.25) is 19.6 Å². The average molecular weight is 234 g/mol. The molecule has 1 rings (SSSR count). The predicted molar refractivity (Wildman–Crippen MR) is 65.6 cm³/mol. The van der Waals surface area contributed by atoms with Gasteiger partial charge in [0.15, 0.2) is 0 Å². The molecule has 4 heteroatoms. The minimum atomic E-state index is -1.17. The first-order chi connectivity index (χ1) is 6.08. The van der Waals surface area contributed by atoms with Gasteiger partial charge in [-0.15, -0.1) is 23.9 Å². The van der Waals surface area contributed by atoms with Crippen molar-refractivity contribution in [2.24, 2.45) is 0 Å². The average Bonchev–Trinajstić information content (AvgIpc) is 2.04. The van der Waals surface area contributed by atoms with Gasteiger partial charge in [0.25, 0.3) is 0 Å². The normalized spacial score (nSPS) is 21.8. The Balaban J connectivity index is 0.00000169. The fourth-order valence-corrected chi connectivity index (χ4v) is 1.82. The number of hydrogen-bond donors (Lipinski definition) is 1. The third kappa shape index (κ3) is 6.44. The van der Waals surface area contributed by atoms with E-state index in [4.69, 9.17) is 4.74 Å². The Labute approximate surface area is 94.2 Å². The first kappa shape index (κ1) is 14.0. The molecule has 1 heterocycles. The Morgan fingerprint density at radius 3 is 2.64 bits per heavy atom.